The quantitative estimate of drug-likeness (QED) is 0.451. The molecular weight excluding hydrogens is 481 g/mol. The Hall–Kier alpha value is -4.00. The lowest BCUT2D eigenvalue weighted by atomic mass is 9.98. The normalized spacial score (nSPS) is 18.1. The summed E-state index contributed by atoms with van der Waals surface area (Å²) in [5.74, 6) is 0.450. The summed E-state index contributed by atoms with van der Waals surface area (Å²) in [5, 5.41) is 7.27. The fourth-order valence-electron chi connectivity index (χ4n) is 4.55. The summed E-state index contributed by atoms with van der Waals surface area (Å²) < 4.78 is 26.8. The molecule has 2 saturated heterocycles. The van der Waals surface area contributed by atoms with E-state index in [1.807, 2.05) is 11.0 Å². The molecule has 0 saturated carbocycles. The molecule has 37 heavy (non-hydrogen) atoms. The highest BCUT2D eigenvalue weighted by molar-refractivity contribution is 5.73. The Balaban J connectivity index is 1.30. The predicted molar refractivity (Wildman–Crippen MR) is 136 cm³/mol. The highest BCUT2D eigenvalue weighted by atomic mass is 19.1. The van der Waals surface area contributed by atoms with Crippen molar-refractivity contribution in [2.75, 3.05) is 66.8 Å². The minimum absolute atomic E-state index is 0.0838. The molecule has 3 N–H and O–H groups in total. The monoisotopic (exact) mass is 511 g/mol. The number of anilines is 5. The Morgan fingerprint density at radius 3 is 2.78 bits per heavy atom. The fourth-order valence-corrected chi connectivity index (χ4v) is 4.55. The van der Waals surface area contributed by atoms with Crippen LogP contribution in [-0.2, 0) is 14.3 Å². The van der Waals surface area contributed by atoms with Gasteiger partial charge in [-0.2, -0.15) is 9.67 Å². The lowest BCUT2D eigenvalue weighted by Crippen LogP contribution is -2.40. The van der Waals surface area contributed by atoms with Crippen LogP contribution in [0.15, 0.2) is 30.6 Å². The number of nitrogens with zero attached hydrogens (tertiary/aromatic N) is 7. The summed E-state index contributed by atoms with van der Waals surface area (Å²) in [5.41, 5.74) is 7.14. The molecular formula is C24H30FN9O3. The van der Waals surface area contributed by atoms with E-state index < -0.39 is 5.82 Å². The van der Waals surface area contributed by atoms with Gasteiger partial charge in [0, 0.05) is 37.9 Å². The molecule has 2 aliphatic heterocycles. The molecule has 0 aliphatic carbocycles. The SMILES string of the molecule is CCOC(=O)[C@H]1CCCN(c2cc(-n3nc(Nc4ccc(N5CCOCC5)cc4F)nc3N)ncn2)C1. The fraction of sp³-hybridized carbons (Fsp3) is 0.458. The van der Waals surface area contributed by atoms with E-state index in [4.69, 9.17) is 15.2 Å². The van der Waals surface area contributed by atoms with E-state index in [1.54, 1.807) is 19.1 Å². The van der Waals surface area contributed by atoms with E-state index in [0.29, 0.717) is 38.0 Å². The third-order valence-electron chi connectivity index (χ3n) is 6.43. The number of esters is 1. The zero-order chi connectivity index (χ0) is 25.8. The molecule has 3 aromatic rings. The van der Waals surface area contributed by atoms with Crippen LogP contribution in [0.3, 0.4) is 0 Å². The molecule has 5 rings (SSSR count). The summed E-state index contributed by atoms with van der Waals surface area (Å²) in [7, 11) is 0. The van der Waals surface area contributed by atoms with Gasteiger partial charge in [-0.15, -0.1) is 5.10 Å². The van der Waals surface area contributed by atoms with Crippen LogP contribution < -0.4 is 20.9 Å². The summed E-state index contributed by atoms with van der Waals surface area (Å²) in [6.07, 6.45) is 3.04. The summed E-state index contributed by atoms with van der Waals surface area (Å²) in [6, 6.07) is 6.71. The predicted octanol–water partition coefficient (Wildman–Crippen LogP) is 2.14. The standard InChI is InChI=1S/C24H30FN9O3/c1-2-37-22(35)16-4-3-7-33(14-16)20-13-21(28-15-27-20)34-23(26)30-24(31-34)29-19-6-5-17(12-18(19)25)32-8-10-36-11-9-32/h5-6,12-13,15-16H,2-4,7-11,14H2,1H3,(H3,26,29,30,31)/t16-/m0/s1. The molecule has 2 aromatic heterocycles. The van der Waals surface area contributed by atoms with Crippen molar-refractivity contribution in [3.05, 3.63) is 36.4 Å². The number of rotatable bonds is 7. The maximum atomic E-state index is 14.8. The number of ether oxygens (including phenoxy) is 2. The highest BCUT2D eigenvalue weighted by Crippen LogP contribution is 2.27. The lowest BCUT2D eigenvalue weighted by molar-refractivity contribution is -0.148. The average molecular weight is 512 g/mol. The molecule has 0 bridgehead atoms. The van der Waals surface area contributed by atoms with Gasteiger partial charge in [-0.1, -0.05) is 0 Å². The molecule has 2 fully saturated rings. The Morgan fingerprint density at radius 2 is 2.00 bits per heavy atom. The molecule has 0 radical (unpaired) electrons. The smallest absolute Gasteiger partial charge is 0.310 e. The summed E-state index contributed by atoms with van der Waals surface area (Å²) in [4.78, 5) is 29.2. The third-order valence-corrected chi connectivity index (χ3v) is 6.43. The Kier molecular flexibility index (Phi) is 7.30. The molecule has 0 spiro atoms. The Morgan fingerprint density at radius 1 is 1.19 bits per heavy atom. The zero-order valence-corrected chi connectivity index (χ0v) is 20.6. The largest absolute Gasteiger partial charge is 0.466 e. The third kappa shape index (κ3) is 5.56. The minimum Gasteiger partial charge on any atom is -0.466 e. The lowest BCUT2D eigenvalue weighted by Gasteiger charge is -2.32. The second-order valence-electron chi connectivity index (χ2n) is 8.87. The van der Waals surface area contributed by atoms with Crippen molar-refractivity contribution >= 4 is 35.1 Å². The number of nitrogens with one attached hydrogen (secondary N) is 1. The highest BCUT2D eigenvalue weighted by Gasteiger charge is 2.28. The van der Waals surface area contributed by atoms with Crippen LogP contribution in [0.4, 0.5) is 33.5 Å². The number of benzene rings is 1. The van der Waals surface area contributed by atoms with Gasteiger partial charge in [0.2, 0.25) is 11.9 Å². The number of halogens is 1. The van der Waals surface area contributed by atoms with Crippen molar-refractivity contribution in [2.24, 2.45) is 5.92 Å². The van der Waals surface area contributed by atoms with E-state index in [2.05, 4.69) is 30.3 Å². The van der Waals surface area contributed by atoms with Crippen LogP contribution in [0.1, 0.15) is 19.8 Å². The van der Waals surface area contributed by atoms with Crippen molar-refractivity contribution in [3.63, 3.8) is 0 Å². The van der Waals surface area contributed by atoms with Crippen molar-refractivity contribution in [3.8, 4) is 5.82 Å². The van der Waals surface area contributed by atoms with E-state index in [1.165, 1.54) is 17.1 Å². The molecule has 0 amide bonds. The number of morpholine rings is 1. The van der Waals surface area contributed by atoms with Gasteiger partial charge in [-0.25, -0.2) is 14.4 Å². The van der Waals surface area contributed by atoms with E-state index in [0.717, 1.165) is 38.2 Å². The molecule has 4 heterocycles. The minimum atomic E-state index is -0.426. The zero-order valence-electron chi connectivity index (χ0n) is 20.6. The number of carbonyl (C=O) groups is 1. The molecule has 1 atom stereocenters. The van der Waals surface area contributed by atoms with Gasteiger partial charge < -0.3 is 30.3 Å². The number of aromatic nitrogens is 5. The first-order chi connectivity index (χ1) is 18.0. The van der Waals surface area contributed by atoms with Crippen molar-refractivity contribution < 1.29 is 18.7 Å². The number of hydrogen-bond donors (Lipinski definition) is 2. The van der Waals surface area contributed by atoms with Gasteiger partial charge in [0.05, 0.1) is 31.4 Å². The van der Waals surface area contributed by atoms with Gasteiger partial charge in [0.1, 0.15) is 18.0 Å². The maximum Gasteiger partial charge on any atom is 0.310 e. The van der Waals surface area contributed by atoms with Crippen LogP contribution in [0.5, 0.6) is 0 Å². The van der Waals surface area contributed by atoms with Gasteiger partial charge in [0.25, 0.3) is 0 Å². The molecule has 1 aromatic carbocycles. The molecule has 0 unspecified atom stereocenters. The topological polar surface area (TPSA) is 137 Å². The first-order valence-corrected chi connectivity index (χ1v) is 12.4. The van der Waals surface area contributed by atoms with Gasteiger partial charge in [-0.05, 0) is 38.0 Å². The molecule has 2 aliphatic rings. The summed E-state index contributed by atoms with van der Waals surface area (Å²) in [6.45, 7) is 6.10. The number of nitrogens with two attached hydrogens (primary N) is 1. The van der Waals surface area contributed by atoms with E-state index in [9.17, 15) is 9.18 Å². The number of nitrogen functional groups attached to an aromatic ring is 1. The van der Waals surface area contributed by atoms with Crippen LogP contribution in [-0.4, -0.2) is 76.7 Å². The maximum absolute atomic E-state index is 14.8. The van der Waals surface area contributed by atoms with E-state index >= 15 is 0 Å². The van der Waals surface area contributed by atoms with Crippen molar-refractivity contribution in [2.45, 2.75) is 19.8 Å². The van der Waals surface area contributed by atoms with Crippen molar-refractivity contribution in [1.29, 1.82) is 0 Å². The summed E-state index contributed by atoms with van der Waals surface area (Å²) >= 11 is 0. The molecule has 196 valence electrons. The van der Waals surface area contributed by atoms with E-state index in [-0.39, 0.29) is 29.5 Å². The van der Waals surface area contributed by atoms with Crippen LogP contribution in [0, 0.1) is 11.7 Å². The van der Waals surface area contributed by atoms with Crippen LogP contribution >= 0.6 is 0 Å². The number of piperidine rings is 1. The number of hydrogen-bond acceptors (Lipinski definition) is 11. The van der Waals surface area contributed by atoms with Gasteiger partial charge >= 0.3 is 5.97 Å². The Labute approximate surface area is 213 Å². The molecule has 13 heteroatoms. The first-order valence-electron chi connectivity index (χ1n) is 12.4. The van der Waals surface area contributed by atoms with Crippen LogP contribution in [0.25, 0.3) is 5.82 Å². The number of carbonyl (C=O) groups excluding carboxylic acids is 1. The Bertz CT molecular complexity index is 1250. The molecule has 12 nitrogen and oxygen atoms in total. The second-order valence-corrected chi connectivity index (χ2v) is 8.87. The van der Waals surface area contributed by atoms with Crippen LogP contribution in [0.2, 0.25) is 0 Å². The van der Waals surface area contributed by atoms with Gasteiger partial charge in [-0.3, -0.25) is 4.79 Å². The average Bonchev–Trinajstić information content (AvgIpc) is 3.30. The first kappa shape index (κ1) is 24.7. The second kappa shape index (κ2) is 10.9. The van der Waals surface area contributed by atoms with Gasteiger partial charge in [0.15, 0.2) is 5.82 Å². The van der Waals surface area contributed by atoms with Crippen molar-refractivity contribution in [1.82, 2.24) is 24.7 Å².